The van der Waals surface area contributed by atoms with Gasteiger partial charge >= 0.3 is 0 Å². The molecule has 0 saturated carbocycles. The van der Waals surface area contributed by atoms with Crippen LogP contribution in [0.5, 0.6) is 0 Å². The summed E-state index contributed by atoms with van der Waals surface area (Å²) >= 11 is 0. The van der Waals surface area contributed by atoms with Crippen LogP contribution < -0.4 is 5.01 Å². The van der Waals surface area contributed by atoms with Gasteiger partial charge in [0.2, 0.25) is 0 Å². The predicted molar refractivity (Wildman–Crippen MR) is 92.7 cm³/mol. The molecule has 3 nitrogen and oxygen atoms in total. The quantitative estimate of drug-likeness (QED) is 0.775. The van der Waals surface area contributed by atoms with E-state index in [1.807, 2.05) is 27.0 Å². The minimum absolute atomic E-state index is 0.436. The van der Waals surface area contributed by atoms with E-state index in [-0.39, 0.29) is 0 Å². The van der Waals surface area contributed by atoms with E-state index in [2.05, 4.69) is 47.2 Å². The minimum atomic E-state index is 0.436. The Morgan fingerprint density at radius 1 is 1.18 bits per heavy atom. The molecule has 0 amide bonds. The second-order valence-electron chi connectivity index (χ2n) is 6.40. The molecule has 2 heterocycles. The highest BCUT2D eigenvalue weighted by atomic mass is 15.5. The largest absolute Gasteiger partial charge is 0.265 e. The first-order valence-corrected chi connectivity index (χ1v) is 7.84. The van der Waals surface area contributed by atoms with Gasteiger partial charge < -0.3 is 0 Å². The summed E-state index contributed by atoms with van der Waals surface area (Å²) in [5, 5.41) is 6.88. The molecule has 2 aromatic rings. The molecule has 0 bridgehead atoms. The van der Waals surface area contributed by atoms with E-state index >= 15 is 0 Å². The first kappa shape index (κ1) is 14.8. The van der Waals surface area contributed by atoms with E-state index in [0.717, 1.165) is 24.4 Å². The highest BCUT2D eigenvalue weighted by Gasteiger charge is 2.25. The third-order valence-corrected chi connectivity index (χ3v) is 4.10. The van der Waals surface area contributed by atoms with Crippen molar-refractivity contribution in [1.82, 2.24) is 4.98 Å². The maximum absolute atomic E-state index is 4.73. The zero-order valence-corrected chi connectivity index (χ0v) is 13.8. The fourth-order valence-corrected chi connectivity index (χ4v) is 3.05. The van der Waals surface area contributed by atoms with E-state index < -0.39 is 0 Å². The number of nitrogens with zero attached hydrogens (tertiary/aromatic N) is 3. The van der Waals surface area contributed by atoms with Crippen molar-refractivity contribution in [3.8, 4) is 0 Å². The predicted octanol–water partition coefficient (Wildman–Crippen LogP) is 4.24. The SMILES string of the molecule is CC(C)=NN1CC(c2ccc(C)nc2)Cc2cc(C)ccc21. The number of hydrazone groups is 1. The van der Waals surface area contributed by atoms with Gasteiger partial charge in [-0.2, -0.15) is 5.10 Å². The van der Waals surface area contributed by atoms with Gasteiger partial charge in [-0.3, -0.25) is 9.99 Å². The van der Waals surface area contributed by atoms with Gasteiger partial charge in [0.25, 0.3) is 0 Å². The lowest BCUT2D eigenvalue weighted by atomic mass is 9.88. The molecule has 0 N–H and O–H groups in total. The fourth-order valence-electron chi connectivity index (χ4n) is 3.05. The lowest BCUT2D eigenvalue weighted by molar-refractivity contribution is 0.618. The molecule has 0 radical (unpaired) electrons. The Hall–Kier alpha value is -2.16. The van der Waals surface area contributed by atoms with E-state index in [4.69, 9.17) is 5.10 Å². The monoisotopic (exact) mass is 293 g/mol. The molecule has 3 rings (SSSR count). The number of aryl methyl sites for hydroxylation is 2. The molecule has 1 atom stereocenters. The first-order chi connectivity index (χ1) is 10.5. The van der Waals surface area contributed by atoms with Crippen LogP contribution in [0.2, 0.25) is 0 Å². The highest BCUT2D eigenvalue weighted by Crippen LogP contribution is 2.35. The molecular formula is C19H23N3. The fraction of sp³-hybridized carbons (Fsp3) is 0.368. The lowest BCUT2D eigenvalue weighted by Crippen LogP contribution is -2.31. The van der Waals surface area contributed by atoms with Crippen LogP contribution in [0.3, 0.4) is 0 Å². The Morgan fingerprint density at radius 3 is 2.68 bits per heavy atom. The summed E-state index contributed by atoms with van der Waals surface area (Å²) < 4.78 is 0. The molecule has 1 unspecified atom stereocenters. The summed E-state index contributed by atoms with van der Waals surface area (Å²) in [4.78, 5) is 4.46. The van der Waals surface area contributed by atoms with E-state index in [1.54, 1.807) is 0 Å². The van der Waals surface area contributed by atoms with Crippen LogP contribution in [0.4, 0.5) is 5.69 Å². The average Bonchev–Trinajstić information content (AvgIpc) is 2.46. The van der Waals surface area contributed by atoms with Crippen molar-refractivity contribution >= 4 is 11.4 Å². The van der Waals surface area contributed by atoms with Crippen LogP contribution in [0.1, 0.15) is 42.1 Å². The lowest BCUT2D eigenvalue weighted by Gasteiger charge is -2.33. The zero-order chi connectivity index (χ0) is 15.7. The smallest absolute Gasteiger partial charge is 0.0626 e. The van der Waals surface area contributed by atoms with Crippen LogP contribution in [0, 0.1) is 13.8 Å². The van der Waals surface area contributed by atoms with Gasteiger partial charge in [-0.15, -0.1) is 0 Å². The van der Waals surface area contributed by atoms with Crippen molar-refractivity contribution in [2.75, 3.05) is 11.6 Å². The van der Waals surface area contributed by atoms with Crippen molar-refractivity contribution < 1.29 is 0 Å². The van der Waals surface area contributed by atoms with Gasteiger partial charge in [0.1, 0.15) is 0 Å². The third-order valence-electron chi connectivity index (χ3n) is 4.10. The van der Waals surface area contributed by atoms with Crippen LogP contribution in [-0.4, -0.2) is 17.2 Å². The van der Waals surface area contributed by atoms with Crippen molar-refractivity contribution in [3.63, 3.8) is 0 Å². The summed E-state index contributed by atoms with van der Waals surface area (Å²) in [5.74, 6) is 0.436. The van der Waals surface area contributed by atoms with Crippen LogP contribution in [0.25, 0.3) is 0 Å². The summed E-state index contributed by atoms with van der Waals surface area (Å²) in [6.07, 6.45) is 3.07. The van der Waals surface area contributed by atoms with Gasteiger partial charge in [0, 0.05) is 30.1 Å². The Kier molecular flexibility index (Phi) is 3.97. The van der Waals surface area contributed by atoms with Crippen LogP contribution >= 0.6 is 0 Å². The second-order valence-corrected chi connectivity index (χ2v) is 6.40. The summed E-state index contributed by atoms with van der Waals surface area (Å²) in [6, 6.07) is 11.0. The maximum Gasteiger partial charge on any atom is 0.0626 e. The summed E-state index contributed by atoms with van der Waals surface area (Å²) in [6.45, 7) is 9.18. The normalized spacial score (nSPS) is 17.1. The molecule has 1 aromatic carbocycles. The van der Waals surface area contributed by atoms with Crippen LogP contribution in [0.15, 0.2) is 41.6 Å². The highest BCUT2D eigenvalue weighted by molar-refractivity contribution is 5.80. The number of aromatic nitrogens is 1. The first-order valence-electron chi connectivity index (χ1n) is 7.84. The number of hydrogen-bond donors (Lipinski definition) is 0. The molecule has 1 aromatic heterocycles. The molecule has 22 heavy (non-hydrogen) atoms. The summed E-state index contributed by atoms with van der Waals surface area (Å²) in [5.41, 5.74) is 7.36. The number of anilines is 1. The van der Waals surface area contributed by atoms with Gasteiger partial charge in [0.05, 0.1) is 5.69 Å². The topological polar surface area (TPSA) is 28.5 Å². The molecular weight excluding hydrogens is 270 g/mol. The Bertz CT molecular complexity index is 697. The number of hydrogen-bond acceptors (Lipinski definition) is 3. The van der Waals surface area contributed by atoms with E-state index in [0.29, 0.717) is 5.92 Å². The van der Waals surface area contributed by atoms with Crippen molar-refractivity contribution in [3.05, 3.63) is 58.9 Å². The number of benzene rings is 1. The second kappa shape index (κ2) is 5.91. The Balaban J connectivity index is 1.99. The minimum Gasteiger partial charge on any atom is -0.265 e. The Morgan fingerprint density at radius 2 is 2.00 bits per heavy atom. The van der Waals surface area contributed by atoms with Gasteiger partial charge in [0.15, 0.2) is 0 Å². The average molecular weight is 293 g/mol. The molecule has 114 valence electrons. The molecule has 0 saturated heterocycles. The van der Waals surface area contributed by atoms with Crippen molar-refractivity contribution in [2.45, 2.75) is 40.0 Å². The van der Waals surface area contributed by atoms with Gasteiger partial charge in [-0.25, -0.2) is 0 Å². The van der Waals surface area contributed by atoms with Crippen LogP contribution in [-0.2, 0) is 6.42 Å². The van der Waals surface area contributed by atoms with E-state index in [1.165, 1.54) is 22.4 Å². The van der Waals surface area contributed by atoms with Crippen molar-refractivity contribution in [2.24, 2.45) is 5.10 Å². The molecule has 0 fully saturated rings. The molecule has 1 aliphatic heterocycles. The summed E-state index contributed by atoms with van der Waals surface area (Å²) in [7, 11) is 0. The number of rotatable bonds is 2. The third kappa shape index (κ3) is 3.03. The number of fused-ring (bicyclic) bond motifs is 1. The van der Waals surface area contributed by atoms with Gasteiger partial charge in [-0.05, 0) is 57.4 Å². The van der Waals surface area contributed by atoms with E-state index in [9.17, 15) is 0 Å². The molecule has 1 aliphatic rings. The van der Waals surface area contributed by atoms with Gasteiger partial charge in [-0.1, -0.05) is 23.8 Å². The zero-order valence-electron chi connectivity index (χ0n) is 13.8. The Labute approximate surface area is 132 Å². The molecule has 0 aliphatic carbocycles. The number of pyridine rings is 1. The van der Waals surface area contributed by atoms with Crippen molar-refractivity contribution in [1.29, 1.82) is 0 Å². The molecule has 0 spiro atoms. The standard InChI is InChI=1S/C19H23N3/c1-13(2)21-22-12-18(16-7-6-15(4)20-11-16)10-17-9-14(3)5-8-19(17)22/h5-9,11,18H,10,12H2,1-4H3. The maximum atomic E-state index is 4.73. The molecule has 3 heteroatoms.